The Morgan fingerprint density at radius 1 is 1.22 bits per heavy atom. The fourth-order valence-corrected chi connectivity index (χ4v) is 2.24. The van der Waals surface area contributed by atoms with Crippen molar-refractivity contribution in [1.82, 2.24) is 0 Å². The monoisotopic (exact) mass is 316 g/mol. The van der Waals surface area contributed by atoms with E-state index in [1.807, 2.05) is 32.0 Å². The van der Waals surface area contributed by atoms with Gasteiger partial charge in [0.1, 0.15) is 5.75 Å². The van der Waals surface area contributed by atoms with Gasteiger partial charge in [0.2, 0.25) is 0 Å². The highest BCUT2D eigenvalue weighted by atomic mass is 79.9. The molecule has 1 atom stereocenters. The van der Waals surface area contributed by atoms with Crippen LogP contribution in [0.5, 0.6) is 5.75 Å². The van der Waals surface area contributed by atoms with Gasteiger partial charge < -0.3 is 14.6 Å². The summed E-state index contributed by atoms with van der Waals surface area (Å²) in [5, 5.41) is 10.5. The Bertz CT molecular complexity index is 414. The van der Waals surface area contributed by atoms with Crippen molar-refractivity contribution in [3.05, 3.63) is 28.2 Å². The third-order valence-corrected chi connectivity index (χ3v) is 4.19. The lowest BCUT2D eigenvalue weighted by Crippen LogP contribution is -2.50. The van der Waals surface area contributed by atoms with Crippen LogP contribution in [0.15, 0.2) is 22.7 Å². The Morgan fingerprint density at radius 3 is 2.28 bits per heavy atom. The van der Waals surface area contributed by atoms with E-state index in [-0.39, 0.29) is 0 Å². The summed E-state index contributed by atoms with van der Waals surface area (Å²) in [7, 11) is 3.24. The molecule has 1 unspecified atom stereocenters. The minimum atomic E-state index is -0.949. The van der Waals surface area contributed by atoms with Gasteiger partial charge in [-0.25, -0.2) is 0 Å². The Hall–Kier alpha value is -0.580. The molecule has 0 spiro atoms. The van der Waals surface area contributed by atoms with Crippen LogP contribution in [0.1, 0.15) is 26.3 Å². The quantitative estimate of drug-likeness (QED) is 0.906. The maximum atomic E-state index is 10.5. The molecule has 0 bridgehead atoms. The van der Waals surface area contributed by atoms with Crippen LogP contribution in [0.25, 0.3) is 0 Å². The lowest BCUT2D eigenvalue weighted by molar-refractivity contribution is -0.139. The van der Waals surface area contributed by atoms with Crippen molar-refractivity contribution in [2.75, 3.05) is 14.2 Å². The van der Waals surface area contributed by atoms with E-state index in [2.05, 4.69) is 15.9 Å². The third kappa shape index (κ3) is 3.25. The van der Waals surface area contributed by atoms with Crippen molar-refractivity contribution in [1.29, 1.82) is 0 Å². The Kier molecular flexibility index (Phi) is 4.81. The number of ether oxygens (including phenoxy) is 2. The van der Waals surface area contributed by atoms with Gasteiger partial charge in [0.25, 0.3) is 0 Å². The molecule has 0 fully saturated rings. The molecule has 1 aromatic carbocycles. The molecule has 0 amide bonds. The van der Waals surface area contributed by atoms with Gasteiger partial charge in [0.05, 0.1) is 22.8 Å². The fraction of sp³-hybridized carbons (Fsp3) is 0.571. The zero-order chi connectivity index (χ0) is 14.0. The SMILES string of the molecule is COc1ccc(CC(C)(O)C(C)(C)OC)cc1Br. The summed E-state index contributed by atoms with van der Waals surface area (Å²) in [6.45, 7) is 5.55. The van der Waals surface area contributed by atoms with Crippen molar-refractivity contribution in [3.63, 3.8) is 0 Å². The van der Waals surface area contributed by atoms with E-state index in [1.54, 1.807) is 21.1 Å². The molecule has 0 saturated carbocycles. The van der Waals surface area contributed by atoms with E-state index in [9.17, 15) is 5.11 Å². The average molecular weight is 317 g/mol. The summed E-state index contributed by atoms with van der Waals surface area (Å²) in [4.78, 5) is 0. The molecule has 1 rings (SSSR count). The van der Waals surface area contributed by atoms with Crippen molar-refractivity contribution in [2.45, 2.75) is 38.4 Å². The Morgan fingerprint density at radius 2 is 1.83 bits per heavy atom. The maximum Gasteiger partial charge on any atom is 0.133 e. The van der Waals surface area contributed by atoms with Crippen LogP contribution < -0.4 is 4.74 Å². The van der Waals surface area contributed by atoms with Crippen LogP contribution in [0.2, 0.25) is 0 Å². The molecule has 0 aliphatic carbocycles. The molecule has 1 N–H and O–H groups in total. The lowest BCUT2D eigenvalue weighted by atomic mass is 9.82. The predicted molar refractivity (Wildman–Crippen MR) is 76.1 cm³/mol. The number of hydrogen-bond acceptors (Lipinski definition) is 3. The van der Waals surface area contributed by atoms with E-state index >= 15 is 0 Å². The van der Waals surface area contributed by atoms with Gasteiger partial charge in [-0.3, -0.25) is 0 Å². The molecule has 4 heteroatoms. The minimum absolute atomic E-state index is 0.510. The van der Waals surface area contributed by atoms with Crippen LogP contribution >= 0.6 is 15.9 Å². The molecule has 0 aliphatic heterocycles. The van der Waals surface area contributed by atoms with Crippen LogP contribution in [-0.2, 0) is 11.2 Å². The smallest absolute Gasteiger partial charge is 0.133 e. The Balaban J connectivity index is 2.94. The largest absolute Gasteiger partial charge is 0.496 e. The molecular formula is C14H21BrO3. The second-order valence-corrected chi connectivity index (χ2v) is 5.99. The molecule has 0 radical (unpaired) electrons. The first kappa shape index (κ1) is 15.5. The fourth-order valence-electron chi connectivity index (χ4n) is 1.65. The van der Waals surface area contributed by atoms with Crippen molar-refractivity contribution in [2.24, 2.45) is 0 Å². The molecule has 0 heterocycles. The number of methoxy groups -OCH3 is 2. The van der Waals surface area contributed by atoms with Gasteiger partial charge in [0.15, 0.2) is 0 Å². The first-order chi connectivity index (χ1) is 8.23. The lowest BCUT2D eigenvalue weighted by Gasteiger charge is -2.39. The summed E-state index contributed by atoms with van der Waals surface area (Å²) < 4.78 is 11.4. The molecule has 0 aliphatic rings. The molecule has 102 valence electrons. The molecular weight excluding hydrogens is 296 g/mol. The van der Waals surface area contributed by atoms with Gasteiger partial charge in [-0.15, -0.1) is 0 Å². The molecule has 0 saturated heterocycles. The van der Waals surface area contributed by atoms with E-state index in [4.69, 9.17) is 9.47 Å². The Labute approximate surface area is 117 Å². The first-order valence-corrected chi connectivity index (χ1v) is 6.63. The predicted octanol–water partition coefficient (Wildman–Crippen LogP) is 3.18. The maximum absolute atomic E-state index is 10.5. The number of aliphatic hydroxyl groups is 1. The van der Waals surface area contributed by atoms with Gasteiger partial charge in [0, 0.05) is 13.5 Å². The topological polar surface area (TPSA) is 38.7 Å². The summed E-state index contributed by atoms with van der Waals surface area (Å²) in [5.41, 5.74) is -0.535. The highest BCUT2D eigenvalue weighted by Gasteiger charge is 2.39. The van der Waals surface area contributed by atoms with Gasteiger partial charge in [-0.2, -0.15) is 0 Å². The number of halogens is 1. The second kappa shape index (κ2) is 5.59. The van der Waals surface area contributed by atoms with E-state index in [0.29, 0.717) is 6.42 Å². The zero-order valence-corrected chi connectivity index (χ0v) is 13.2. The summed E-state index contributed by atoms with van der Waals surface area (Å²) in [6.07, 6.45) is 0.510. The zero-order valence-electron chi connectivity index (χ0n) is 11.6. The van der Waals surface area contributed by atoms with E-state index in [0.717, 1.165) is 15.8 Å². The summed E-state index contributed by atoms with van der Waals surface area (Å²) >= 11 is 3.44. The normalized spacial score (nSPS) is 15.3. The highest BCUT2D eigenvalue weighted by Crippen LogP contribution is 2.31. The van der Waals surface area contributed by atoms with Crippen molar-refractivity contribution >= 4 is 15.9 Å². The van der Waals surface area contributed by atoms with Gasteiger partial charge in [-0.1, -0.05) is 6.07 Å². The average Bonchev–Trinajstić information content (AvgIpc) is 2.28. The second-order valence-electron chi connectivity index (χ2n) is 5.13. The van der Waals surface area contributed by atoms with Gasteiger partial charge >= 0.3 is 0 Å². The molecule has 1 aromatic rings. The summed E-state index contributed by atoms with van der Waals surface area (Å²) in [6, 6.07) is 5.79. The van der Waals surface area contributed by atoms with E-state index < -0.39 is 11.2 Å². The van der Waals surface area contributed by atoms with E-state index in [1.165, 1.54) is 0 Å². The number of rotatable bonds is 5. The molecule has 3 nitrogen and oxygen atoms in total. The van der Waals surface area contributed by atoms with Crippen LogP contribution in [0.4, 0.5) is 0 Å². The van der Waals surface area contributed by atoms with Crippen LogP contribution in [-0.4, -0.2) is 30.5 Å². The molecule has 18 heavy (non-hydrogen) atoms. The van der Waals surface area contributed by atoms with Crippen molar-refractivity contribution < 1.29 is 14.6 Å². The van der Waals surface area contributed by atoms with Gasteiger partial charge in [-0.05, 0) is 54.4 Å². The highest BCUT2D eigenvalue weighted by molar-refractivity contribution is 9.10. The molecule has 0 aromatic heterocycles. The van der Waals surface area contributed by atoms with Crippen LogP contribution in [0.3, 0.4) is 0 Å². The first-order valence-electron chi connectivity index (χ1n) is 5.83. The van der Waals surface area contributed by atoms with Crippen LogP contribution in [0, 0.1) is 0 Å². The minimum Gasteiger partial charge on any atom is -0.496 e. The third-order valence-electron chi connectivity index (χ3n) is 3.57. The summed E-state index contributed by atoms with van der Waals surface area (Å²) in [5.74, 6) is 0.782. The standard InChI is InChI=1S/C14H21BrO3/c1-13(2,18-5)14(3,16)9-10-6-7-12(17-4)11(15)8-10/h6-8,16H,9H2,1-5H3. The number of benzene rings is 1. The van der Waals surface area contributed by atoms with Crippen molar-refractivity contribution in [3.8, 4) is 5.75 Å². The number of hydrogen-bond donors (Lipinski definition) is 1.